The minimum atomic E-state index is -1.00. The van der Waals surface area contributed by atoms with Crippen molar-refractivity contribution in [2.75, 3.05) is 6.86 Å². The number of benzene rings is 1. The normalized spacial score (nSPS) is 30.5. The fourth-order valence-electron chi connectivity index (χ4n) is 6.85. The Kier molecular flexibility index (Phi) is 9.33. The molecule has 2 fully saturated rings. The summed E-state index contributed by atoms with van der Waals surface area (Å²) in [5.41, 5.74) is 1.33. The van der Waals surface area contributed by atoms with Crippen molar-refractivity contribution in [1.29, 1.82) is 0 Å². The van der Waals surface area contributed by atoms with Crippen LogP contribution in [0.2, 0.25) is 0 Å². The Bertz CT molecular complexity index is 845. The molecule has 1 nitrogen and oxygen atoms in total. The number of halogens is 3. The maximum atomic E-state index is 14.7. The lowest BCUT2D eigenvalue weighted by atomic mass is 9.66. The zero-order valence-electron chi connectivity index (χ0n) is 20.7. The second-order valence-electron chi connectivity index (χ2n) is 10.8. The Morgan fingerprint density at radius 1 is 0.853 bits per heavy atom. The van der Waals surface area contributed by atoms with Crippen molar-refractivity contribution >= 4 is 5.57 Å². The monoisotopic (exact) mass is 474 g/mol. The van der Waals surface area contributed by atoms with E-state index in [0.29, 0.717) is 11.5 Å². The molecule has 2 saturated carbocycles. The summed E-state index contributed by atoms with van der Waals surface area (Å²) in [4.78, 5) is 0. The highest BCUT2D eigenvalue weighted by Gasteiger charge is 2.33. The molecule has 34 heavy (non-hydrogen) atoms. The zero-order chi connectivity index (χ0) is 23.9. The van der Waals surface area contributed by atoms with Crippen molar-refractivity contribution in [3.63, 3.8) is 0 Å². The third-order valence-corrected chi connectivity index (χ3v) is 8.90. The molecule has 0 bridgehead atoms. The summed E-state index contributed by atoms with van der Waals surface area (Å²) in [6, 6.07) is 3.14. The molecule has 3 aliphatic rings. The van der Waals surface area contributed by atoms with Crippen LogP contribution in [0.3, 0.4) is 0 Å². The van der Waals surface area contributed by atoms with Crippen molar-refractivity contribution in [3.8, 4) is 0 Å². The number of allylic oxidation sites excluding steroid dienone is 4. The van der Waals surface area contributed by atoms with E-state index in [-0.39, 0.29) is 12.2 Å². The van der Waals surface area contributed by atoms with Gasteiger partial charge in [0.05, 0.1) is 6.61 Å². The predicted octanol–water partition coefficient (Wildman–Crippen LogP) is 9.17. The number of hydrogen-bond acceptors (Lipinski definition) is 1. The van der Waals surface area contributed by atoms with Gasteiger partial charge in [0.2, 0.25) is 0 Å². The zero-order valence-corrected chi connectivity index (χ0v) is 20.7. The van der Waals surface area contributed by atoms with Gasteiger partial charge in [-0.25, -0.2) is 13.2 Å². The lowest BCUT2D eigenvalue weighted by Crippen LogP contribution is -2.28. The molecule has 3 aliphatic carbocycles. The lowest BCUT2D eigenvalue weighted by molar-refractivity contribution is 0.0444. The minimum absolute atomic E-state index is 0.0656. The summed E-state index contributed by atoms with van der Waals surface area (Å²) in [5.74, 6) is 2.37. The highest BCUT2D eigenvalue weighted by molar-refractivity contribution is 5.67. The van der Waals surface area contributed by atoms with Crippen LogP contribution in [-0.2, 0) is 11.3 Å². The van der Waals surface area contributed by atoms with Crippen LogP contribution in [0.1, 0.15) is 95.1 Å². The van der Waals surface area contributed by atoms with Gasteiger partial charge in [0.15, 0.2) is 18.5 Å². The van der Waals surface area contributed by atoms with E-state index in [0.717, 1.165) is 54.9 Å². The van der Waals surface area contributed by atoms with E-state index >= 15 is 0 Å². The van der Waals surface area contributed by atoms with Crippen LogP contribution in [0.25, 0.3) is 5.57 Å². The van der Waals surface area contributed by atoms with Crippen molar-refractivity contribution in [3.05, 3.63) is 53.1 Å². The van der Waals surface area contributed by atoms with E-state index in [1.165, 1.54) is 57.4 Å². The summed E-state index contributed by atoms with van der Waals surface area (Å²) in [5, 5.41) is 0. The van der Waals surface area contributed by atoms with Gasteiger partial charge in [0.25, 0.3) is 0 Å². The molecule has 0 heterocycles. The van der Waals surface area contributed by atoms with E-state index in [1.54, 1.807) is 6.07 Å². The molecule has 0 N–H and O–H groups in total. The largest absolute Gasteiger partial charge is 0.346 e. The first-order chi connectivity index (χ1) is 16.6. The quantitative estimate of drug-likeness (QED) is 0.341. The lowest BCUT2D eigenvalue weighted by Gasteiger charge is -2.40. The van der Waals surface area contributed by atoms with Gasteiger partial charge in [0.1, 0.15) is 0 Å². The fraction of sp³-hybridized carbons (Fsp3) is 0.667. The molecule has 0 aromatic heterocycles. The smallest absolute Gasteiger partial charge is 0.188 e. The third kappa shape index (κ3) is 6.17. The summed E-state index contributed by atoms with van der Waals surface area (Å²) in [7, 11) is 0. The second kappa shape index (κ2) is 12.4. The molecule has 188 valence electrons. The standard InChI is InChI=1S/C30H41F3O/c1-2-3-4-21-5-7-22(8-6-21)23-9-11-24(12-10-23)25-13-15-26(16-14-25)28-18-17-27(19-34-20-31)29(32)30(28)33/h3-4,15,17-18,21-25H,2,5-14,16,19-20H2,1H3/b4-3+. The molecule has 4 heteroatoms. The molecule has 0 radical (unpaired) electrons. The molecule has 1 atom stereocenters. The Morgan fingerprint density at radius 2 is 1.50 bits per heavy atom. The molecule has 4 rings (SSSR count). The van der Waals surface area contributed by atoms with Crippen LogP contribution >= 0.6 is 0 Å². The average Bonchev–Trinajstić information content (AvgIpc) is 2.89. The molecule has 1 aromatic carbocycles. The molecule has 0 amide bonds. The third-order valence-electron chi connectivity index (χ3n) is 8.90. The number of rotatable bonds is 8. The van der Waals surface area contributed by atoms with E-state index in [2.05, 4.69) is 29.9 Å². The van der Waals surface area contributed by atoms with Crippen LogP contribution in [0, 0.1) is 41.2 Å². The molecule has 1 unspecified atom stereocenters. The Morgan fingerprint density at radius 3 is 2.09 bits per heavy atom. The minimum Gasteiger partial charge on any atom is -0.346 e. The van der Waals surface area contributed by atoms with Gasteiger partial charge < -0.3 is 4.74 Å². The van der Waals surface area contributed by atoms with E-state index in [1.807, 2.05) is 0 Å². The van der Waals surface area contributed by atoms with Gasteiger partial charge in [-0.1, -0.05) is 37.3 Å². The van der Waals surface area contributed by atoms with Crippen LogP contribution in [-0.4, -0.2) is 6.86 Å². The molecule has 0 spiro atoms. The molecular formula is C30H41F3O. The maximum Gasteiger partial charge on any atom is 0.188 e. The van der Waals surface area contributed by atoms with Crippen LogP contribution in [0.5, 0.6) is 0 Å². The molecular weight excluding hydrogens is 433 g/mol. The van der Waals surface area contributed by atoms with Crippen LogP contribution < -0.4 is 0 Å². The van der Waals surface area contributed by atoms with Gasteiger partial charge in [0, 0.05) is 11.1 Å². The summed E-state index contributed by atoms with van der Waals surface area (Å²) < 4.78 is 45.8. The van der Waals surface area contributed by atoms with Crippen LogP contribution in [0.15, 0.2) is 30.4 Å². The van der Waals surface area contributed by atoms with Gasteiger partial charge in [-0.05, 0) is 112 Å². The van der Waals surface area contributed by atoms with Crippen LogP contribution in [0.4, 0.5) is 13.2 Å². The van der Waals surface area contributed by atoms with E-state index in [9.17, 15) is 13.2 Å². The first-order valence-electron chi connectivity index (χ1n) is 13.6. The average molecular weight is 475 g/mol. The van der Waals surface area contributed by atoms with Crippen molar-refractivity contribution in [2.24, 2.45) is 29.6 Å². The van der Waals surface area contributed by atoms with E-state index in [4.69, 9.17) is 0 Å². The fourth-order valence-corrected chi connectivity index (χ4v) is 6.85. The Balaban J connectivity index is 1.26. The van der Waals surface area contributed by atoms with E-state index < -0.39 is 18.5 Å². The molecule has 1 aromatic rings. The molecule has 0 saturated heterocycles. The predicted molar refractivity (Wildman–Crippen MR) is 133 cm³/mol. The van der Waals surface area contributed by atoms with Crippen molar-refractivity contribution in [1.82, 2.24) is 0 Å². The number of ether oxygens (including phenoxy) is 1. The summed E-state index contributed by atoms with van der Waals surface area (Å²) >= 11 is 0. The molecule has 0 aliphatic heterocycles. The Hall–Kier alpha value is -1.55. The summed E-state index contributed by atoms with van der Waals surface area (Å²) in [6.07, 6.45) is 21.9. The first kappa shape index (κ1) is 25.5. The first-order valence-corrected chi connectivity index (χ1v) is 13.6. The number of hydrogen-bond donors (Lipinski definition) is 0. The maximum absolute atomic E-state index is 14.7. The van der Waals surface area contributed by atoms with Gasteiger partial charge in [-0.15, -0.1) is 0 Å². The summed E-state index contributed by atoms with van der Waals surface area (Å²) in [6.45, 7) is 0.961. The van der Waals surface area contributed by atoms with Gasteiger partial charge in [-0.2, -0.15) is 0 Å². The topological polar surface area (TPSA) is 9.23 Å². The second-order valence-corrected chi connectivity index (χ2v) is 10.8. The van der Waals surface area contributed by atoms with Gasteiger partial charge in [-0.3, -0.25) is 0 Å². The highest BCUT2D eigenvalue weighted by Crippen LogP contribution is 2.46. The van der Waals surface area contributed by atoms with Crippen molar-refractivity contribution < 1.29 is 17.9 Å². The Labute approximate surface area is 203 Å². The van der Waals surface area contributed by atoms with Gasteiger partial charge >= 0.3 is 0 Å². The SMILES string of the molecule is CC/C=C/C1CCC(C2CCC(C3CC=C(c4ccc(COCF)c(F)c4F)CC3)CC2)CC1. The highest BCUT2D eigenvalue weighted by atomic mass is 19.2. The number of alkyl halides is 1. The van der Waals surface area contributed by atoms with Crippen molar-refractivity contribution in [2.45, 2.75) is 90.6 Å².